The molecule has 0 bridgehead atoms. The molecule has 1 aromatic rings. The highest BCUT2D eigenvalue weighted by molar-refractivity contribution is 7.15. The lowest BCUT2D eigenvalue weighted by Gasteiger charge is -2.15. The number of fused-ring (bicyclic) bond motifs is 1. The number of hydrogen-bond donors (Lipinski definition) is 2. The van der Waals surface area contributed by atoms with E-state index in [0.717, 1.165) is 36.5 Å². The van der Waals surface area contributed by atoms with Crippen molar-refractivity contribution in [1.82, 2.24) is 4.98 Å². The second-order valence-electron chi connectivity index (χ2n) is 4.69. The van der Waals surface area contributed by atoms with Gasteiger partial charge in [0.05, 0.1) is 5.69 Å². The van der Waals surface area contributed by atoms with E-state index in [1.54, 1.807) is 11.3 Å². The van der Waals surface area contributed by atoms with Crippen LogP contribution in [-0.2, 0) is 17.6 Å². The predicted molar refractivity (Wildman–Crippen MR) is 77.4 cm³/mol. The monoisotopic (exact) mass is 289 g/mol. The Hall–Kier alpha value is -0.650. The van der Waals surface area contributed by atoms with E-state index in [-0.39, 0.29) is 30.3 Å². The van der Waals surface area contributed by atoms with E-state index in [1.165, 1.54) is 4.88 Å². The van der Waals surface area contributed by atoms with Crippen LogP contribution in [0.25, 0.3) is 0 Å². The Labute approximate surface area is 118 Å². The highest BCUT2D eigenvalue weighted by atomic mass is 35.5. The molecule has 1 aliphatic carbocycles. The second kappa shape index (κ2) is 6.50. The van der Waals surface area contributed by atoms with Crippen molar-refractivity contribution < 1.29 is 4.79 Å². The van der Waals surface area contributed by atoms with Gasteiger partial charge in [-0.25, -0.2) is 4.98 Å². The number of halogens is 1. The molecule has 1 unspecified atom stereocenters. The number of anilines is 1. The third kappa shape index (κ3) is 3.43. The van der Waals surface area contributed by atoms with Gasteiger partial charge in [0.25, 0.3) is 0 Å². The van der Waals surface area contributed by atoms with E-state index in [2.05, 4.69) is 10.3 Å². The first-order valence-electron chi connectivity index (χ1n) is 6.15. The van der Waals surface area contributed by atoms with E-state index in [9.17, 15) is 4.79 Å². The van der Waals surface area contributed by atoms with Crippen LogP contribution < -0.4 is 11.1 Å². The summed E-state index contributed by atoms with van der Waals surface area (Å²) in [6, 6.07) is 0.251. The fraction of sp³-hybridized carbons (Fsp3) is 0.667. The van der Waals surface area contributed by atoms with Crippen molar-refractivity contribution in [3.05, 3.63) is 10.6 Å². The molecule has 0 aliphatic heterocycles. The summed E-state index contributed by atoms with van der Waals surface area (Å²) in [7, 11) is 0. The fourth-order valence-electron chi connectivity index (χ4n) is 1.87. The average Bonchev–Trinajstić information content (AvgIpc) is 2.69. The third-order valence-electron chi connectivity index (χ3n) is 3.27. The third-order valence-corrected chi connectivity index (χ3v) is 4.30. The van der Waals surface area contributed by atoms with Crippen molar-refractivity contribution in [3.8, 4) is 0 Å². The number of carbonyl (C=O) groups excluding carboxylic acids is 1. The standard InChI is InChI=1S/C12H19N3OS.ClH/c1-3-7(2)11(16)15-12-14-9-5-4-8(13)6-10(9)17-12;/h7-8H,3-6,13H2,1-2H3,(H,14,15,16);1H/t7?,8-;/m0./s1. The number of amides is 1. The number of carbonyl (C=O) groups is 1. The largest absolute Gasteiger partial charge is 0.327 e. The van der Waals surface area contributed by atoms with Crippen LogP contribution in [-0.4, -0.2) is 16.9 Å². The van der Waals surface area contributed by atoms with Gasteiger partial charge in [0.1, 0.15) is 0 Å². The van der Waals surface area contributed by atoms with E-state index >= 15 is 0 Å². The summed E-state index contributed by atoms with van der Waals surface area (Å²) in [6.07, 6.45) is 3.68. The first-order valence-corrected chi connectivity index (χ1v) is 6.96. The number of nitrogens with zero attached hydrogens (tertiary/aromatic N) is 1. The maximum atomic E-state index is 11.8. The summed E-state index contributed by atoms with van der Waals surface area (Å²) in [4.78, 5) is 17.5. The Kier molecular flexibility index (Phi) is 5.56. The van der Waals surface area contributed by atoms with Crippen molar-refractivity contribution in [2.24, 2.45) is 11.7 Å². The Morgan fingerprint density at radius 1 is 1.67 bits per heavy atom. The molecule has 1 amide bonds. The Morgan fingerprint density at radius 2 is 2.39 bits per heavy atom. The normalized spacial score (nSPS) is 19.6. The van der Waals surface area contributed by atoms with Crippen molar-refractivity contribution in [2.45, 2.75) is 45.6 Å². The summed E-state index contributed by atoms with van der Waals surface area (Å²) in [6.45, 7) is 3.94. The van der Waals surface area contributed by atoms with E-state index < -0.39 is 0 Å². The minimum Gasteiger partial charge on any atom is -0.327 e. The summed E-state index contributed by atoms with van der Waals surface area (Å²) < 4.78 is 0. The molecule has 18 heavy (non-hydrogen) atoms. The van der Waals surface area contributed by atoms with Crippen molar-refractivity contribution in [1.29, 1.82) is 0 Å². The summed E-state index contributed by atoms with van der Waals surface area (Å²) in [5, 5.41) is 3.62. The minimum absolute atomic E-state index is 0. The van der Waals surface area contributed by atoms with Gasteiger partial charge in [0.2, 0.25) is 5.91 Å². The van der Waals surface area contributed by atoms with Crippen LogP contribution in [0.4, 0.5) is 5.13 Å². The second-order valence-corrected chi connectivity index (χ2v) is 5.77. The van der Waals surface area contributed by atoms with Gasteiger partial charge in [-0.3, -0.25) is 4.79 Å². The lowest BCUT2D eigenvalue weighted by atomic mass is 9.99. The van der Waals surface area contributed by atoms with E-state index in [4.69, 9.17) is 5.73 Å². The SMILES string of the molecule is CCC(C)C(=O)Nc1nc2c(s1)C[C@@H](N)CC2.Cl. The van der Waals surface area contributed by atoms with Gasteiger partial charge in [-0.2, -0.15) is 0 Å². The van der Waals surface area contributed by atoms with E-state index in [1.807, 2.05) is 13.8 Å². The van der Waals surface area contributed by atoms with Crippen molar-refractivity contribution in [2.75, 3.05) is 5.32 Å². The smallest absolute Gasteiger partial charge is 0.228 e. The first-order chi connectivity index (χ1) is 8.10. The molecular formula is C12H20ClN3OS. The fourth-order valence-corrected chi connectivity index (χ4v) is 2.97. The molecule has 4 nitrogen and oxygen atoms in total. The van der Waals surface area contributed by atoms with Crippen molar-refractivity contribution in [3.63, 3.8) is 0 Å². The molecule has 1 heterocycles. The summed E-state index contributed by atoms with van der Waals surface area (Å²) >= 11 is 1.57. The number of aryl methyl sites for hydroxylation is 1. The Bertz CT molecular complexity index is 421. The minimum atomic E-state index is 0. The molecule has 0 saturated carbocycles. The average molecular weight is 290 g/mol. The lowest BCUT2D eigenvalue weighted by Crippen LogP contribution is -2.27. The molecule has 0 fully saturated rings. The number of nitrogens with two attached hydrogens (primary N) is 1. The molecule has 0 saturated heterocycles. The first kappa shape index (κ1) is 15.4. The number of rotatable bonds is 3. The Morgan fingerprint density at radius 3 is 3.06 bits per heavy atom. The zero-order chi connectivity index (χ0) is 12.4. The van der Waals surface area contributed by atoms with Gasteiger partial charge in [-0.1, -0.05) is 13.8 Å². The zero-order valence-electron chi connectivity index (χ0n) is 10.7. The van der Waals surface area contributed by atoms with Gasteiger partial charge in [-0.05, 0) is 25.7 Å². The van der Waals surface area contributed by atoms with Crippen molar-refractivity contribution >= 4 is 34.8 Å². The van der Waals surface area contributed by atoms with Gasteiger partial charge in [0.15, 0.2) is 5.13 Å². The van der Waals surface area contributed by atoms with E-state index in [0.29, 0.717) is 0 Å². The quantitative estimate of drug-likeness (QED) is 0.897. The van der Waals surface area contributed by atoms with Gasteiger partial charge in [0, 0.05) is 16.8 Å². The molecule has 1 aliphatic rings. The topological polar surface area (TPSA) is 68.0 Å². The summed E-state index contributed by atoms with van der Waals surface area (Å²) in [5.41, 5.74) is 7.04. The van der Waals surface area contributed by atoms with Crippen LogP contribution in [0.3, 0.4) is 0 Å². The molecule has 2 rings (SSSR count). The number of nitrogens with one attached hydrogen (secondary N) is 1. The maximum Gasteiger partial charge on any atom is 0.228 e. The molecule has 0 radical (unpaired) electrons. The van der Waals surface area contributed by atoms with Crippen LogP contribution in [0.5, 0.6) is 0 Å². The lowest BCUT2D eigenvalue weighted by molar-refractivity contribution is -0.119. The predicted octanol–water partition coefficient (Wildman–Crippen LogP) is 2.37. The molecule has 102 valence electrons. The van der Waals surface area contributed by atoms with Gasteiger partial charge >= 0.3 is 0 Å². The molecular weight excluding hydrogens is 270 g/mol. The number of thiazole rings is 1. The van der Waals surface area contributed by atoms with Crippen LogP contribution >= 0.6 is 23.7 Å². The van der Waals surface area contributed by atoms with Crippen LogP contribution in [0, 0.1) is 5.92 Å². The molecule has 2 atom stereocenters. The zero-order valence-corrected chi connectivity index (χ0v) is 12.4. The highest BCUT2D eigenvalue weighted by Crippen LogP contribution is 2.29. The molecule has 3 N–H and O–H groups in total. The molecule has 0 aromatic carbocycles. The number of aromatic nitrogens is 1. The molecule has 6 heteroatoms. The van der Waals surface area contributed by atoms with Crippen LogP contribution in [0.1, 0.15) is 37.3 Å². The molecule has 0 spiro atoms. The highest BCUT2D eigenvalue weighted by Gasteiger charge is 2.21. The summed E-state index contributed by atoms with van der Waals surface area (Å²) in [5.74, 6) is 0.0982. The molecule has 1 aromatic heterocycles. The number of hydrogen-bond acceptors (Lipinski definition) is 4. The van der Waals surface area contributed by atoms with Crippen LogP contribution in [0.15, 0.2) is 0 Å². The van der Waals surface area contributed by atoms with Gasteiger partial charge in [-0.15, -0.1) is 23.7 Å². The van der Waals surface area contributed by atoms with Gasteiger partial charge < -0.3 is 11.1 Å². The Balaban J connectivity index is 0.00000162. The maximum absolute atomic E-state index is 11.8. The van der Waals surface area contributed by atoms with Crippen LogP contribution in [0.2, 0.25) is 0 Å².